The normalized spacial score (nSPS) is 24.2. The average Bonchev–Trinajstić information content (AvgIpc) is 2.27. The van der Waals surface area contributed by atoms with Crippen molar-refractivity contribution in [2.45, 2.75) is 17.9 Å². The summed E-state index contributed by atoms with van der Waals surface area (Å²) in [5, 5.41) is 0.0793. The van der Waals surface area contributed by atoms with Gasteiger partial charge in [0.2, 0.25) is 10.0 Å². The lowest BCUT2D eigenvalue weighted by molar-refractivity contribution is 0.356. The molecule has 0 aliphatic carbocycles. The van der Waals surface area contributed by atoms with Gasteiger partial charge in [-0.05, 0) is 13.0 Å². The summed E-state index contributed by atoms with van der Waals surface area (Å²) in [4.78, 5) is 3.66. The Morgan fingerprint density at radius 2 is 2.16 bits per heavy atom. The molecule has 0 bridgehead atoms. The summed E-state index contributed by atoms with van der Waals surface area (Å²) in [7, 11) is -6.99. The molecule has 0 saturated carbocycles. The van der Waals surface area contributed by atoms with Gasteiger partial charge in [0.25, 0.3) is 0 Å². The standard InChI is InChI=1S/C10H13ClN2O4S2/c1-8-7-18(14,15)5-4-13(8)19(16,17)10-6-12-3-2-9(10)11/h2-3,6,8H,4-5,7H2,1H3. The van der Waals surface area contributed by atoms with Crippen molar-refractivity contribution in [3.05, 3.63) is 23.5 Å². The van der Waals surface area contributed by atoms with E-state index < -0.39 is 25.9 Å². The minimum absolute atomic E-state index is 0.0585. The van der Waals surface area contributed by atoms with Crippen LogP contribution in [0, 0.1) is 0 Å². The van der Waals surface area contributed by atoms with E-state index in [-0.39, 0.29) is 28.0 Å². The first-order chi connectivity index (χ1) is 8.74. The lowest BCUT2D eigenvalue weighted by Crippen LogP contribution is -2.49. The highest BCUT2D eigenvalue weighted by atomic mass is 35.5. The highest BCUT2D eigenvalue weighted by Gasteiger charge is 2.37. The molecule has 1 saturated heterocycles. The van der Waals surface area contributed by atoms with E-state index in [1.54, 1.807) is 6.92 Å². The van der Waals surface area contributed by atoms with Crippen LogP contribution in [0.1, 0.15) is 6.92 Å². The van der Waals surface area contributed by atoms with Crippen molar-refractivity contribution < 1.29 is 16.8 Å². The van der Waals surface area contributed by atoms with Crippen LogP contribution in [0.5, 0.6) is 0 Å². The second-order valence-electron chi connectivity index (χ2n) is 4.39. The number of hydrogen-bond donors (Lipinski definition) is 0. The van der Waals surface area contributed by atoms with E-state index in [1.807, 2.05) is 0 Å². The van der Waals surface area contributed by atoms with Gasteiger partial charge in [-0.15, -0.1) is 0 Å². The van der Waals surface area contributed by atoms with Crippen molar-refractivity contribution in [2.75, 3.05) is 18.1 Å². The summed E-state index contributed by atoms with van der Waals surface area (Å²) >= 11 is 5.87. The molecule has 0 aromatic carbocycles. The Kier molecular flexibility index (Phi) is 3.87. The van der Waals surface area contributed by atoms with Crippen LogP contribution >= 0.6 is 11.6 Å². The predicted octanol–water partition coefficient (Wildman–Crippen LogP) is 0.543. The van der Waals surface area contributed by atoms with Crippen molar-refractivity contribution in [1.29, 1.82) is 0 Å². The Bertz CT molecular complexity index is 687. The number of sulfonamides is 1. The number of rotatable bonds is 2. The summed E-state index contributed by atoms with van der Waals surface area (Å²) in [6.45, 7) is 1.51. The van der Waals surface area contributed by atoms with E-state index in [2.05, 4.69) is 4.98 Å². The SMILES string of the molecule is CC1CS(=O)(=O)CCN1S(=O)(=O)c1cnccc1Cl. The molecular weight excluding hydrogens is 312 g/mol. The molecule has 0 amide bonds. The number of nitrogens with zero attached hydrogens (tertiary/aromatic N) is 2. The second-order valence-corrected chi connectivity index (χ2v) is 8.88. The van der Waals surface area contributed by atoms with Crippen molar-refractivity contribution in [3.63, 3.8) is 0 Å². The quantitative estimate of drug-likeness (QED) is 0.793. The lowest BCUT2D eigenvalue weighted by Gasteiger charge is -2.32. The molecule has 19 heavy (non-hydrogen) atoms. The second kappa shape index (κ2) is 5.01. The van der Waals surface area contributed by atoms with Crippen LogP contribution < -0.4 is 0 Å². The van der Waals surface area contributed by atoms with E-state index in [1.165, 1.54) is 18.5 Å². The molecule has 1 atom stereocenters. The zero-order valence-electron chi connectivity index (χ0n) is 10.2. The number of halogens is 1. The van der Waals surface area contributed by atoms with Gasteiger partial charge in [0.1, 0.15) is 4.90 Å². The Morgan fingerprint density at radius 3 is 2.74 bits per heavy atom. The van der Waals surface area contributed by atoms with Crippen molar-refractivity contribution in [1.82, 2.24) is 9.29 Å². The predicted molar refractivity (Wildman–Crippen MR) is 71.3 cm³/mol. The molecule has 9 heteroatoms. The molecule has 1 unspecified atom stereocenters. The molecular formula is C10H13ClN2O4S2. The van der Waals surface area contributed by atoms with Crippen LogP contribution in [0.25, 0.3) is 0 Å². The molecule has 2 heterocycles. The topological polar surface area (TPSA) is 84.4 Å². The van der Waals surface area contributed by atoms with Gasteiger partial charge in [0, 0.05) is 25.0 Å². The van der Waals surface area contributed by atoms with Gasteiger partial charge in [-0.1, -0.05) is 11.6 Å². The molecule has 2 rings (SSSR count). The fourth-order valence-electron chi connectivity index (χ4n) is 2.02. The van der Waals surface area contributed by atoms with Crippen molar-refractivity contribution in [2.24, 2.45) is 0 Å². The van der Waals surface area contributed by atoms with Gasteiger partial charge in [-0.2, -0.15) is 4.31 Å². The number of hydrogen-bond acceptors (Lipinski definition) is 5. The van der Waals surface area contributed by atoms with E-state index in [9.17, 15) is 16.8 Å². The third kappa shape index (κ3) is 2.91. The fourth-order valence-corrected chi connectivity index (χ4v) is 5.82. The maximum absolute atomic E-state index is 12.4. The van der Waals surface area contributed by atoms with Crippen LogP contribution in [-0.4, -0.2) is 50.2 Å². The molecule has 1 aliphatic heterocycles. The summed E-state index contributed by atoms with van der Waals surface area (Å²) in [5.74, 6) is -0.349. The lowest BCUT2D eigenvalue weighted by atomic mass is 10.4. The molecule has 6 nitrogen and oxygen atoms in total. The molecule has 0 N–H and O–H groups in total. The molecule has 1 fully saturated rings. The molecule has 1 aliphatic rings. The highest BCUT2D eigenvalue weighted by Crippen LogP contribution is 2.26. The van der Waals surface area contributed by atoms with Crippen LogP contribution in [0.15, 0.2) is 23.4 Å². The van der Waals surface area contributed by atoms with Gasteiger partial charge >= 0.3 is 0 Å². The van der Waals surface area contributed by atoms with Crippen molar-refractivity contribution in [3.8, 4) is 0 Å². The van der Waals surface area contributed by atoms with E-state index >= 15 is 0 Å². The van der Waals surface area contributed by atoms with Crippen LogP contribution in [0.4, 0.5) is 0 Å². The van der Waals surface area contributed by atoms with E-state index in [0.717, 1.165) is 4.31 Å². The number of aromatic nitrogens is 1. The zero-order chi connectivity index (χ0) is 14.3. The minimum Gasteiger partial charge on any atom is -0.263 e. The van der Waals surface area contributed by atoms with Gasteiger partial charge in [-0.25, -0.2) is 16.8 Å². The fraction of sp³-hybridized carbons (Fsp3) is 0.500. The van der Waals surface area contributed by atoms with Crippen LogP contribution in [-0.2, 0) is 19.9 Å². The number of pyridine rings is 1. The summed E-state index contributed by atoms with van der Waals surface area (Å²) < 4.78 is 49.0. The Hall–Kier alpha value is -0.700. The smallest absolute Gasteiger partial charge is 0.246 e. The Balaban J connectivity index is 2.39. The molecule has 0 radical (unpaired) electrons. The minimum atomic E-state index is -3.82. The molecule has 1 aromatic rings. The zero-order valence-corrected chi connectivity index (χ0v) is 12.5. The molecule has 0 spiro atoms. The number of sulfone groups is 1. The van der Waals surface area contributed by atoms with Crippen LogP contribution in [0.2, 0.25) is 5.02 Å². The molecule has 106 valence electrons. The first-order valence-electron chi connectivity index (χ1n) is 5.56. The van der Waals surface area contributed by atoms with E-state index in [4.69, 9.17) is 11.6 Å². The highest BCUT2D eigenvalue weighted by molar-refractivity contribution is 7.92. The summed E-state index contributed by atoms with van der Waals surface area (Å²) in [6, 6.07) is 0.778. The van der Waals surface area contributed by atoms with Crippen LogP contribution in [0.3, 0.4) is 0 Å². The van der Waals surface area contributed by atoms with Gasteiger partial charge in [0.15, 0.2) is 9.84 Å². The monoisotopic (exact) mass is 324 g/mol. The summed E-state index contributed by atoms with van der Waals surface area (Å²) in [5.41, 5.74) is 0. The van der Waals surface area contributed by atoms with Gasteiger partial charge in [-0.3, -0.25) is 4.98 Å². The van der Waals surface area contributed by atoms with Gasteiger partial charge in [0.05, 0.1) is 16.5 Å². The first-order valence-corrected chi connectivity index (χ1v) is 9.20. The Morgan fingerprint density at radius 1 is 1.47 bits per heavy atom. The largest absolute Gasteiger partial charge is 0.263 e. The van der Waals surface area contributed by atoms with E-state index in [0.29, 0.717) is 0 Å². The first kappa shape index (κ1) is 14.7. The molecule has 1 aromatic heterocycles. The van der Waals surface area contributed by atoms with Crippen molar-refractivity contribution >= 4 is 31.5 Å². The van der Waals surface area contributed by atoms with Gasteiger partial charge < -0.3 is 0 Å². The maximum atomic E-state index is 12.4. The third-order valence-electron chi connectivity index (χ3n) is 2.93. The maximum Gasteiger partial charge on any atom is 0.246 e. The Labute approximate surface area is 117 Å². The third-order valence-corrected chi connectivity index (χ3v) is 7.21. The average molecular weight is 325 g/mol. The summed E-state index contributed by atoms with van der Waals surface area (Å²) in [6.07, 6.45) is 2.57.